The van der Waals surface area contributed by atoms with E-state index in [9.17, 15) is 4.79 Å². The van der Waals surface area contributed by atoms with Gasteiger partial charge in [0.05, 0.1) is 6.10 Å². The van der Waals surface area contributed by atoms with Crippen molar-refractivity contribution in [2.24, 2.45) is 11.8 Å². The number of carbonyl (C=O) groups is 1. The highest BCUT2D eigenvalue weighted by Crippen LogP contribution is 2.25. The van der Waals surface area contributed by atoms with E-state index in [-0.39, 0.29) is 6.04 Å². The van der Waals surface area contributed by atoms with E-state index in [0.717, 1.165) is 32.7 Å². The summed E-state index contributed by atoms with van der Waals surface area (Å²) in [4.78, 5) is 14.5. The molecule has 0 aromatic carbocycles. The minimum atomic E-state index is 0.250. The lowest BCUT2D eigenvalue weighted by molar-refractivity contribution is -0.131. The predicted octanol–water partition coefficient (Wildman–Crippen LogP) is 3.21. The molecule has 0 radical (unpaired) electrons. The minimum Gasteiger partial charge on any atom is -0.378 e. The van der Waals surface area contributed by atoms with Gasteiger partial charge in [-0.1, -0.05) is 26.7 Å². The zero-order valence-electron chi connectivity index (χ0n) is 15.4. The number of nitrogens with one attached hydrogen (secondary N) is 1. The second-order valence-corrected chi connectivity index (χ2v) is 7.79. The third-order valence-electron chi connectivity index (χ3n) is 5.32. The lowest BCUT2D eigenvalue weighted by Gasteiger charge is -2.35. The quantitative estimate of drug-likeness (QED) is 0.816. The number of ether oxygens (including phenoxy) is 1. The molecule has 4 heteroatoms. The fourth-order valence-corrected chi connectivity index (χ4v) is 3.96. The molecule has 0 bridgehead atoms. The molecule has 2 saturated heterocycles. The molecule has 2 rings (SSSR count). The first-order valence-corrected chi connectivity index (χ1v) is 9.70. The molecule has 0 saturated carbocycles. The fraction of sp³-hybridized carbons (Fsp3) is 0.947. The molecule has 0 aliphatic carbocycles. The Balaban J connectivity index is 1.73. The van der Waals surface area contributed by atoms with Gasteiger partial charge >= 0.3 is 0 Å². The van der Waals surface area contributed by atoms with Gasteiger partial charge in [-0.05, 0) is 44.4 Å². The Kier molecular flexibility index (Phi) is 7.84. The summed E-state index contributed by atoms with van der Waals surface area (Å²) >= 11 is 0. The Morgan fingerprint density at radius 2 is 1.83 bits per heavy atom. The van der Waals surface area contributed by atoms with Crippen LogP contribution in [0.1, 0.15) is 65.7 Å². The van der Waals surface area contributed by atoms with E-state index >= 15 is 0 Å². The molecule has 23 heavy (non-hydrogen) atoms. The Morgan fingerprint density at radius 1 is 1.13 bits per heavy atom. The molecule has 4 nitrogen and oxygen atoms in total. The molecule has 134 valence electrons. The topological polar surface area (TPSA) is 41.6 Å². The van der Waals surface area contributed by atoms with Gasteiger partial charge in [-0.2, -0.15) is 0 Å². The standard InChI is InChI=1S/C19H36N2O2/c1-15(2)19-17(9-8-12-23-19)14-20-16(3)13-18(22)21-10-6-4-5-7-11-21/h15-17,19-20H,4-14H2,1-3H3/t16-,17+,19+/m1/s1. The first kappa shape index (κ1) is 18.7. The van der Waals surface area contributed by atoms with Gasteiger partial charge in [0, 0.05) is 38.7 Å². The summed E-state index contributed by atoms with van der Waals surface area (Å²) < 4.78 is 5.96. The SMILES string of the molecule is CC(C)[C@@H]1OCCC[C@H]1CN[C@H](C)CC(=O)N1CCCCCC1. The van der Waals surface area contributed by atoms with E-state index in [4.69, 9.17) is 4.74 Å². The lowest BCUT2D eigenvalue weighted by atomic mass is 9.87. The van der Waals surface area contributed by atoms with Crippen molar-refractivity contribution in [3.05, 3.63) is 0 Å². The third kappa shape index (κ3) is 6.07. The summed E-state index contributed by atoms with van der Waals surface area (Å²) in [6.07, 6.45) is 8.28. The van der Waals surface area contributed by atoms with Crippen LogP contribution >= 0.6 is 0 Å². The molecule has 0 aromatic heterocycles. The molecule has 1 N–H and O–H groups in total. The highest BCUT2D eigenvalue weighted by molar-refractivity contribution is 5.76. The van der Waals surface area contributed by atoms with Crippen LogP contribution in [0, 0.1) is 11.8 Å². The van der Waals surface area contributed by atoms with Gasteiger partial charge in [-0.15, -0.1) is 0 Å². The van der Waals surface area contributed by atoms with Crippen LogP contribution in [0.2, 0.25) is 0 Å². The molecule has 2 aliphatic heterocycles. The molecule has 0 spiro atoms. The molecule has 2 heterocycles. The number of nitrogens with zero attached hydrogens (tertiary/aromatic N) is 1. The molecular formula is C19H36N2O2. The van der Waals surface area contributed by atoms with Crippen LogP contribution in [0.15, 0.2) is 0 Å². The van der Waals surface area contributed by atoms with Crippen LogP contribution < -0.4 is 5.32 Å². The molecule has 2 aliphatic rings. The average Bonchev–Trinajstić information content (AvgIpc) is 2.82. The third-order valence-corrected chi connectivity index (χ3v) is 5.32. The monoisotopic (exact) mass is 324 g/mol. The summed E-state index contributed by atoms with van der Waals surface area (Å²) in [5, 5.41) is 3.60. The van der Waals surface area contributed by atoms with E-state index in [1.54, 1.807) is 0 Å². The summed E-state index contributed by atoms with van der Waals surface area (Å²) in [5.41, 5.74) is 0. The first-order chi connectivity index (χ1) is 11.1. The molecule has 1 amide bonds. The largest absolute Gasteiger partial charge is 0.378 e. The van der Waals surface area contributed by atoms with Crippen LogP contribution in [0.5, 0.6) is 0 Å². The van der Waals surface area contributed by atoms with Gasteiger partial charge in [0.1, 0.15) is 0 Å². The Morgan fingerprint density at radius 3 is 2.48 bits per heavy atom. The van der Waals surface area contributed by atoms with Crippen LogP contribution in [-0.2, 0) is 9.53 Å². The second kappa shape index (κ2) is 9.63. The van der Waals surface area contributed by atoms with Crippen molar-refractivity contribution in [2.45, 2.75) is 77.9 Å². The number of hydrogen-bond acceptors (Lipinski definition) is 3. The van der Waals surface area contributed by atoms with Gasteiger partial charge in [0.2, 0.25) is 5.91 Å². The molecule has 0 unspecified atom stereocenters. The van der Waals surface area contributed by atoms with E-state index in [1.165, 1.54) is 32.1 Å². The smallest absolute Gasteiger partial charge is 0.224 e. The van der Waals surface area contributed by atoms with E-state index in [1.807, 2.05) is 0 Å². The number of likely N-dealkylation sites (tertiary alicyclic amines) is 1. The zero-order chi connectivity index (χ0) is 16.7. The molecule has 3 atom stereocenters. The van der Waals surface area contributed by atoms with E-state index < -0.39 is 0 Å². The van der Waals surface area contributed by atoms with Crippen molar-refractivity contribution in [1.82, 2.24) is 10.2 Å². The summed E-state index contributed by atoms with van der Waals surface area (Å²) in [6, 6.07) is 0.250. The normalized spacial score (nSPS) is 27.7. The number of carbonyl (C=O) groups excluding carboxylic acids is 1. The van der Waals surface area contributed by atoms with Crippen LogP contribution in [0.4, 0.5) is 0 Å². The molecular weight excluding hydrogens is 288 g/mol. The lowest BCUT2D eigenvalue weighted by Crippen LogP contribution is -2.43. The highest BCUT2D eigenvalue weighted by Gasteiger charge is 2.28. The van der Waals surface area contributed by atoms with Gasteiger partial charge < -0.3 is 15.0 Å². The van der Waals surface area contributed by atoms with Crippen molar-refractivity contribution in [3.63, 3.8) is 0 Å². The average molecular weight is 325 g/mol. The van der Waals surface area contributed by atoms with Crippen molar-refractivity contribution in [3.8, 4) is 0 Å². The Hall–Kier alpha value is -0.610. The van der Waals surface area contributed by atoms with Gasteiger partial charge in [-0.25, -0.2) is 0 Å². The maximum absolute atomic E-state index is 12.4. The molecule has 2 fully saturated rings. The number of rotatable bonds is 6. The Bertz CT molecular complexity index is 351. The van der Waals surface area contributed by atoms with Gasteiger partial charge in [-0.3, -0.25) is 4.79 Å². The van der Waals surface area contributed by atoms with Crippen LogP contribution in [-0.4, -0.2) is 49.2 Å². The van der Waals surface area contributed by atoms with Crippen LogP contribution in [0.25, 0.3) is 0 Å². The summed E-state index contributed by atoms with van der Waals surface area (Å²) in [5.74, 6) is 1.47. The van der Waals surface area contributed by atoms with Gasteiger partial charge in [0.25, 0.3) is 0 Å². The number of hydrogen-bond donors (Lipinski definition) is 1. The predicted molar refractivity (Wildman–Crippen MR) is 94.4 cm³/mol. The highest BCUT2D eigenvalue weighted by atomic mass is 16.5. The maximum atomic E-state index is 12.4. The van der Waals surface area contributed by atoms with E-state index in [2.05, 4.69) is 31.0 Å². The number of amides is 1. The van der Waals surface area contributed by atoms with E-state index in [0.29, 0.717) is 30.3 Å². The van der Waals surface area contributed by atoms with Crippen molar-refractivity contribution in [2.75, 3.05) is 26.2 Å². The summed E-state index contributed by atoms with van der Waals surface area (Å²) in [6.45, 7) is 10.4. The minimum absolute atomic E-state index is 0.250. The van der Waals surface area contributed by atoms with Crippen molar-refractivity contribution < 1.29 is 9.53 Å². The van der Waals surface area contributed by atoms with Gasteiger partial charge in [0.15, 0.2) is 0 Å². The zero-order valence-corrected chi connectivity index (χ0v) is 15.4. The Labute approximate surface area is 142 Å². The summed E-state index contributed by atoms with van der Waals surface area (Å²) in [7, 11) is 0. The molecule has 0 aromatic rings. The maximum Gasteiger partial charge on any atom is 0.224 e. The van der Waals surface area contributed by atoms with Crippen molar-refractivity contribution in [1.29, 1.82) is 0 Å². The first-order valence-electron chi connectivity index (χ1n) is 9.70. The van der Waals surface area contributed by atoms with Crippen molar-refractivity contribution >= 4 is 5.91 Å². The second-order valence-electron chi connectivity index (χ2n) is 7.79. The fourth-order valence-electron chi connectivity index (χ4n) is 3.96. The van der Waals surface area contributed by atoms with Crippen LogP contribution in [0.3, 0.4) is 0 Å².